The molecule has 5 nitrogen and oxygen atoms in total. The number of fused-ring (bicyclic) bond motifs is 1. The highest BCUT2D eigenvalue weighted by Gasteiger charge is 2.13. The second kappa shape index (κ2) is 6.28. The normalized spacial score (nSPS) is 10.8. The summed E-state index contributed by atoms with van der Waals surface area (Å²) < 4.78 is 16.6. The molecule has 2 heterocycles. The van der Waals surface area contributed by atoms with Gasteiger partial charge in [-0.2, -0.15) is 4.98 Å². The summed E-state index contributed by atoms with van der Waals surface area (Å²) in [5.74, 6) is 1.68. The molecular formula is C20H16N2O3. The van der Waals surface area contributed by atoms with E-state index in [1.807, 2.05) is 61.5 Å². The molecule has 0 saturated carbocycles. The van der Waals surface area contributed by atoms with E-state index in [2.05, 4.69) is 10.1 Å². The molecule has 4 aromatic rings. The summed E-state index contributed by atoms with van der Waals surface area (Å²) in [5, 5.41) is 4.98. The number of nitrogens with zero attached hydrogens (tertiary/aromatic N) is 2. The van der Waals surface area contributed by atoms with Gasteiger partial charge in [-0.05, 0) is 30.7 Å². The molecule has 2 aromatic carbocycles. The Balaban J connectivity index is 1.69. The van der Waals surface area contributed by atoms with Gasteiger partial charge in [0.15, 0.2) is 11.5 Å². The summed E-state index contributed by atoms with van der Waals surface area (Å²) in [6, 6.07) is 19.3. The first-order valence-corrected chi connectivity index (χ1v) is 7.89. The van der Waals surface area contributed by atoms with Gasteiger partial charge >= 0.3 is 0 Å². The summed E-state index contributed by atoms with van der Waals surface area (Å²) in [4.78, 5) is 4.41. The molecule has 5 heteroatoms. The van der Waals surface area contributed by atoms with Crippen LogP contribution in [-0.2, 0) is 0 Å². The lowest BCUT2D eigenvalue weighted by molar-refractivity contribution is 0.372. The summed E-state index contributed by atoms with van der Waals surface area (Å²) >= 11 is 0. The maximum absolute atomic E-state index is 5.85. The summed E-state index contributed by atoms with van der Waals surface area (Å²) in [7, 11) is 1.61. The molecule has 25 heavy (non-hydrogen) atoms. The van der Waals surface area contributed by atoms with Crippen LogP contribution in [0.15, 0.2) is 65.2 Å². The zero-order valence-corrected chi connectivity index (χ0v) is 13.9. The standard InChI is InChI=1S/C20H16N2O3/c1-13-8-10-16(17(12-13)23-2)24-18-11-9-15-19(22-25-20(15)21-18)14-6-4-3-5-7-14/h3-12H,1-2H3. The average Bonchev–Trinajstić information content (AvgIpc) is 3.07. The maximum Gasteiger partial charge on any atom is 0.261 e. The first kappa shape index (κ1) is 15.2. The Morgan fingerprint density at radius 1 is 0.920 bits per heavy atom. The van der Waals surface area contributed by atoms with Gasteiger partial charge in [0.2, 0.25) is 5.88 Å². The Morgan fingerprint density at radius 2 is 1.76 bits per heavy atom. The molecule has 4 rings (SSSR count). The van der Waals surface area contributed by atoms with Gasteiger partial charge in [0.1, 0.15) is 5.69 Å². The van der Waals surface area contributed by atoms with Crippen LogP contribution in [-0.4, -0.2) is 17.3 Å². The maximum atomic E-state index is 5.85. The molecule has 0 unspecified atom stereocenters. The minimum atomic E-state index is 0.422. The molecule has 0 aliphatic carbocycles. The highest BCUT2D eigenvalue weighted by Crippen LogP contribution is 2.33. The van der Waals surface area contributed by atoms with E-state index < -0.39 is 0 Å². The number of hydrogen-bond donors (Lipinski definition) is 0. The van der Waals surface area contributed by atoms with Crippen LogP contribution in [0.3, 0.4) is 0 Å². The molecule has 0 bridgehead atoms. The van der Waals surface area contributed by atoms with Gasteiger partial charge in [-0.25, -0.2) is 0 Å². The van der Waals surface area contributed by atoms with Crippen LogP contribution in [0.4, 0.5) is 0 Å². The second-order valence-corrected chi connectivity index (χ2v) is 5.66. The highest BCUT2D eigenvalue weighted by molar-refractivity contribution is 5.89. The monoisotopic (exact) mass is 332 g/mol. The number of aromatic nitrogens is 2. The number of methoxy groups -OCH3 is 1. The fraction of sp³-hybridized carbons (Fsp3) is 0.100. The van der Waals surface area contributed by atoms with Crippen molar-refractivity contribution in [3.63, 3.8) is 0 Å². The zero-order valence-electron chi connectivity index (χ0n) is 13.9. The van der Waals surface area contributed by atoms with Crippen LogP contribution in [0.5, 0.6) is 17.4 Å². The molecule has 0 atom stereocenters. The minimum absolute atomic E-state index is 0.422. The van der Waals surface area contributed by atoms with E-state index >= 15 is 0 Å². The molecule has 0 amide bonds. The van der Waals surface area contributed by atoms with E-state index in [-0.39, 0.29) is 0 Å². The third-order valence-corrected chi connectivity index (χ3v) is 3.89. The smallest absolute Gasteiger partial charge is 0.261 e. The van der Waals surface area contributed by atoms with Crippen molar-refractivity contribution in [2.45, 2.75) is 6.92 Å². The number of rotatable bonds is 4. The average molecular weight is 332 g/mol. The van der Waals surface area contributed by atoms with Crippen molar-refractivity contribution in [2.24, 2.45) is 0 Å². The van der Waals surface area contributed by atoms with Crippen molar-refractivity contribution in [1.82, 2.24) is 10.1 Å². The molecule has 0 spiro atoms. The lowest BCUT2D eigenvalue weighted by atomic mass is 10.1. The van der Waals surface area contributed by atoms with Crippen molar-refractivity contribution in [3.8, 4) is 28.6 Å². The summed E-state index contributed by atoms with van der Waals surface area (Å²) in [5.41, 5.74) is 3.28. The lowest BCUT2D eigenvalue weighted by Crippen LogP contribution is -1.92. The predicted octanol–water partition coefficient (Wildman–Crippen LogP) is 5.00. The van der Waals surface area contributed by atoms with E-state index in [1.165, 1.54) is 0 Å². The fourth-order valence-electron chi connectivity index (χ4n) is 2.64. The topological polar surface area (TPSA) is 57.4 Å². The highest BCUT2D eigenvalue weighted by atomic mass is 16.5. The SMILES string of the molecule is COc1cc(C)ccc1Oc1ccc2c(-c3ccccc3)noc2n1. The Morgan fingerprint density at radius 3 is 2.56 bits per heavy atom. The number of hydrogen-bond acceptors (Lipinski definition) is 5. The van der Waals surface area contributed by atoms with Gasteiger partial charge in [-0.1, -0.05) is 41.6 Å². The van der Waals surface area contributed by atoms with Gasteiger partial charge in [-0.3, -0.25) is 0 Å². The lowest BCUT2D eigenvalue weighted by Gasteiger charge is -2.10. The molecule has 0 N–H and O–H groups in total. The van der Waals surface area contributed by atoms with Crippen LogP contribution in [0.2, 0.25) is 0 Å². The molecule has 0 aliphatic rings. The molecule has 124 valence electrons. The number of benzene rings is 2. The number of ether oxygens (including phenoxy) is 2. The third kappa shape index (κ3) is 2.92. The minimum Gasteiger partial charge on any atom is -0.493 e. The Bertz CT molecular complexity index is 1030. The van der Waals surface area contributed by atoms with E-state index in [9.17, 15) is 0 Å². The van der Waals surface area contributed by atoms with E-state index in [0.717, 1.165) is 22.2 Å². The molecule has 0 fully saturated rings. The van der Waals surface area contributed by atoms with Crippen molar-refractivity contribution in [2.75, 3.05) is 7.11 Å². The van der Waals surface area contributed by atoms with Crippen LogP contribution in [0.1, 0.15) is 5.56 Å². The van der Waals surface area contributed by atoms with E-state index in [0.29, 0.717) is 23.1 Å². The Labute approximate surface area is 144 Å². The predicted molar refractivity (Wildman–Crippen MR) is 95.0 cm³/mol. The molecular weight excluding hydrogens is 316 g/mol. The van der Waals surface area contributed by atoms with Crippen LogP contribution >= 0.6 is 0 Å². The fourth-order valence-corrected chi connectivity index (χ4v) is 2.64. The van der Waals surface area contributed by atoms with Gasteiger partial charge in [0, 0.05) is 11.6 Å². The largest absolute Gasteiger partial charge is 0.493 e. The number of pyridine rings is 1. The van der Waals surface area contributed by atoms with Gasteiger partial charge in [0.05, 0.1) is 12.5 Å². The Hall–Kier alpha value is -3.34. The molecule has 2 aromatic heterocycles. The molecule has 0 radical (unpaired) electrons. The van der Waals surface area contributed by atoms with E-state index in [1.54, 1.807) is 13.2 Å². The molecule has 0 saturated heterocycles. The van der Waals surface area contributed by atoms with Gasteiger partial charge in [0.25, 0.3) is 5.71 Å². The first-order chi connectivity index (χ1) is 12.2. The third-order valence-electron chi connectivity index (χ3n) is 3.89. The van der Waals surface area contributed by atoms with Crippen LogP contribution < -0.4 is 9.47 Å². The van der Waals surface area contributed by atoms with Crippen molar-refractivity contribution < 1.29 is 14.0 Å². The van der Waals surface area contributed by atoms with Crippen molar-refractivity contribution in [3.05, 3.63) is 66.2 Å². The van der Waals surface area contributed by atoms with Gasteiger partial charge < -0.3 is 14.0 Å². The summed E-state index contributed by atoms with van der Waals surface area (Å²) in [6.45, 7) is 2.00. The van der Waals surface area contributed by atoms with Crippen molar-refractivity contribution in [1.29, 1.82) is 0 Å². The second-order valence-electron chi connectivity index (χ2n) is 5.66. The zero-order chi connectivity index (χ0) is 17.2. The Kier molecular flexibility index (Phi) is 3.82. The quantitative estimate of drug-likeness (QED) is 0.526. The first-order valence-electron chi connectivity index (χ1n) is 7.89. The van der Waals surface area contributed by atoms with Gasteiger partial charge in [-0.15, -0.1) is 0 Å². The molecule has 0 aliphatic heterocycles. The van der Waals surface area contributed by atoms with Crippen LogP contribution in [0.25, 0.3) is 22.4 Å². The number of aryl methyl sites for hydroxylation is 1. The summed E-state index contributed by atoms with van der Waals surface area (Å²) in [6.07, 6.45) is 0. The van der Waals surface area contributed by atoms with E-state index in [4.69, 9.17) is 14.0 Å². The van der Waals surface area contributed by atoms with Crippen LogP contribution in [0, 0.1) is 6.92 Å². The van der Waals surface area contributed by atoms with Crippen molar-refractivity contribution >= 4 is 11.1 Å².